The Morgan fingerprint density at radius 2 is 1.77 bits per heavy atom. The van der Waals surface area contributed by atoms with E-state index in [0.29, 0.717) is 19.1 Å². The quantitative estimate of drug-likeness (QED) is 0.373. The van der Waals surface area contributed by atoms with Crippen molar-refractivity contribution in [1.29, 1.82) is 0 Å². The molecule has 2 aromatic heterocycles. The summed E-state index contributed by atoms with van der Waals surface area (Å²) >= 11 is 0. The number of benzene rings is 2. The molecule has 0 bridgehead atoms. The number of aryl methyl sites for hydroxylation is 2. The van der Waals surface area contributed by atoms with Gasteiger partial charge in [0.1, 0.15) is 0 Å². The van der Waals surface area contributed by atoms with Crippen LogP contribution in [0.25, 0.3) is 10.9 Å². The summed E-state index contributed by atoms with van der Waals surface area (Å²) in [7, 11) is 0. The Bertz CT molecular complexity index is 1350. The van der Waals surface area contributed by atoms with Crippen LogP contribution in [0.1, 0.15) is 79.2 Å². The highest BCUT2D eigenvalue weighted by molar-refractivity contribution is 5.79. The molecule has 2 aromatic carbocycles. The van der Waals surface area contributed by atoms with E-state index >= 15 is 0 Å². The minimum absolute atomic E-state index is 0.0000165. The van der Waals surface area contributed by atoms with E-state index in [9.17, 15) is 4.79 Å². The van der Waals surface area contributed by atoms with Crippen molar-refractivity contribution in [2.24, 2.45) is 0 Å². The number of fused-ring (bicyclic) bond motifs is 1. The smallest absolute Gasteiger partial charge is 0.252 e. The zero-order chi connectivity index (χ0) is 24.4. The minimum atomic E-state index is -0.0396. The highest BCUT2D eigenvalue weighted by Crippen LogP contribution is 2.33. The summed E-state index contributed by atoms with van der Waals surface area (Å²) < 4.78 is 2.05. The maximum Gasteiger partial charge on any atom is 0.252 e. The van der Waals surface area contributed by atoms with Crippen LogP contribution in [-0.4, -0.2) is 30.1 Å². The summed E-state index contributed by atoms with van der Waals surface area (Å²) in [5.41, 5.74) is 5.17. The van der Waals surface area contributed by atoms with Crippen LogP contribution in [0.4, 0.5) is 0 Å². The maximum absolute atomic E-state index is 13.1. The number of nitrogens with zero attached hydrogens (tertiary/aromatic N) is 5. The van der Waals surface area contributed by atoms with Crippen LogP contribution >= 0.6 is 0 Å². The van der Waals surface area contributed by atoms with Gasteiger partial charge in [0, 0.05) is 24.2 Å². The molecule has 2 heterocycles. The molecular weight excluding hydrogens is 436 g/mol. The van der Waals surface area contributed by atoms with Crippen LogP contribution in [0.2, 0.25) is 0 Å². The third-order valence-corrected chi connectivity index (χ3v) is 7.27. The molecule has 1 atom stereocenters. The second-order valence-electron chi connectivity index (χ2n) is 9.95. The topological polar surface area (TPSA) is 79.7 Å². The van der Waals surface area contributed by atoms with Gasteiger partial charge in [-0.2, -0.15) is 0 Å². The van der Waals surface area contributed by atoms with Gasteiger partial charge in [-0.05, 0) is 72.2 Å². The number of hydrogen-bond acceptors (Lipinski definition) is 5. The van der Waals surface area contributed by atoms with Crippen molar-refractivity contribution in [3.8, 4) is 0 Å². The van der Waals surface area contributed by atoms with Crippen molar-refractivity contribution >= 4 is 10.9 Å². The Morgan fingerprint density at radius 3 is 2.51 bits per heavy atom. The van der Waals surface area contributed by atoms with Crippen molar-refractivity contribution in [2.75, 3.05) is 0 Å². The number of pyridine rings is 1. The van der Waals surface area contributed by atoms with Crippen LogP contribution in [0, 0.1) is 13.8 Å². The Balaban J connectivity index is 1.53. The van der Waals surface area contributed by atoms with E-state index in [0.717, 1.165) is 47.1 Å². The lowest BCUT2D eigenvalue weighted by Gasteiger charge is -2.31. The monoisotopic (exact) mass is 470 g/mol. The van der Waals surface area contributed by atoms with Crippen LogP contribution < -0.4 is 5.56 Å². The van der Waals surface area contributed by atoms with Crippen LogP contribution in [-0.2, 0) is 13.1 Å². The number of tetrazole rings is 1. The first-order valence-electron chi connectivity index (χ1n) is 12.7. The Hall–Kier alpha value is -3.32. The van der Waals surface area contributed by atoms with E-state index in [2.05, 4.69) is 80.3 Å². The fourth-order valence-corrected chi connectivity index (χ4v) is 5.33. The predicted octanol–water partition coefficient (Wildman–Crippen LogP) is 5.40. The van der Waals surface area contributed by atoms with E-state index in [1.807, 2.05) is 19.1 Å². The van der Waals surface area contributed by atoms with E-state index in [1.54, 1.807) is 0 Å². The third kappa shape index (κ3) is 5.05. The zero-order valence-corrected chi connectivity index (χ0v) is 20.9. The van der Waals surface area contributed by atoms with Crippen LogP contribution in [0.15, 0.2) is 53.3 Å². The lowest BCUT2D eigenvalue weighted by molar-refractivity contribution is 0.158. The first-order chi connectivity index (χ1) is 17.0. The van der Waals surface area contributed by atoms with E-state index in [1.165, 1.54) is 24.0 Å². The number of hydrogen-bond donors (Lipinski definition) is 1. The molecule has 1 aliphatic carbocycles. The van der Waals surface area contributed by atoms with E-state index in [4.69, 9.17) is 0 Å². The summed E-state index contributed by atoms with van der Waals surface area (Å²) in [5, 5.41) is 14.0. The SMILES string of the molecule is CC[C@@H](c1nnnn1C1CCCC1)N(Cc1ccc(C)cc1)Cc1cc2ccc(C)cc2[nH]c1=O. The molecule has 7 heteroatoms. The lowest BCUT2D eigenvalue weighted by atomic mass is 10.1. The largest absolute Gasteiger partial charge is 0.322 e. The second-order valence-corrected chi connectivity index (χ2v) is 9.95. The fraction of sp³-hybridized carbons (Fsp3) is 0.429. The van der Waals surface area contributed by atoms with E-state index < -0.39 is 0 Å². The lowest BCUT2D eigenvalue weighted by Crippen LogP contribution is -2.32. The number of aromatic amines is 1. The number of nitrogens with one attached hydrogen (secondary N) is 1. The second kappa shape index (κ2) is 10.1. The van der Waals surface area contributed by atoms with E-state index in [-0.39, 0.29) is 11.6 Å². The fourth-order valence-electron chi connectivity index (χ4n) is 5.33. The van der Waals surface area contributed by atoms with Crippen molar-refractivity contribution in [3.63, 3.8) is 0 Å². The summed E-state index contributed by atoms with van der Waals surface area (Å²) in [5.74, 6) is 0.902. The molecule has 1 aliphatic rings. The van der Waals surface area contributed by atoms with Gasteiger partial charge >= 0.3 is 0 Å². The first-order valence-corrected chi connectivity index (χ1v) is 12.7. The van der Waals surface area contributed by atoms with Crippen molar-refractivity contribution in [2.45, 2.75) is 78.0 Å². The third-order valence-electron chi connectivity index (χ3n) is 7.27. The molecule has 1 fully saturated rings. The van der Waals surface area contributed by atoms with Crippen LogP contribution in [0.3, 0.4) is 0 Å². The molecule has 7 nitrogen and oxygen atoms in total. The number of aromatic nitrogens is 5. The molecule has 0 amide bonds. The van der Waals surface area contributed by atoms with Gasteiger partial charge in [0.05, 0.1) is 12.1 Å². The van der Waals surface area contributed by atoms with Crippen LogP contribution in [0.5, 0.6) is 0 Å². The van der Waals surface area contributed by atoms with Gasteiger partial charge < -0.3 is 4.98 Å². The zero-order valence-electron chi connectivity index (χ0n) is 20.9. The molecule has 182 valence electrons. The molecule has 5 rings (SSSR count). The molecule has 35 heavy (non-hydrogen) atoms. The van der Waals surface area contributed by atoms with Gasteiger partial charge in [-0.1, -0.05) is 61.7 Å². The van der Waals surface area contributed by atoms with Gasteiger partial charge in [-0.15, -0.1) is 5.10 Å². The molecule has 0 radical (unpaired) electrons. The van der Waals surface area contributed by atoms with Crippen molar-refractivity contribution < 1.29 is 0 Å². The van der Waals surface area contributed by atoms with Gasteiger partial charge in [-0.3, -0.25) is 9.69 Å². The van der Waals surface area contributed by atoms with Crippen molar-refractivity contribution in [1.82, 2.24) is 30.1 Å². The van der Waals surface area contributed by atoms with Gasteiger partial charge in [0.15, 0.2) is 5.82 Å². The Morgan fingerprint density at radius 1 is 1.03 bits per heavy atom. The maximum atomic E-state index is 13.1. The molecular formula is C28H34N6O. The molecule has 0 saturated heterocycles. The molecule has 1 N–H and O–H groups in total. The predicted molar refractivity (Wildman–Crippen MR) is 138 cm³/mol. The summed E-state index contributed by atoms with van der Waals surface area (Å²) in [6.07, 6.45) is 5.54. The number of rotatable bonds is 8. The molecule has 0 spiro atoms. The highest BCUT2D eigenvalue weighted by atomic mass is 16.1. The summed E-state index contributed by atoms with van der Waals surface area (Å²) in [4.78, 5) is 18.6. The Labute approximate surface area is 206 Å². The highest BCUT2D eigenvalue weighted by Gasteiger charge is 2.29. The summed E-state index contributed by atoms with van der Waals surface area (Å²) in [6.45, 7) is 7.54. The molecule has 0 aliphatic heterocycles. The molecule has 4 aromatic rings. The first kappa shape index (κ1) is 23.4. The van der Waals surface area contributed by atoms with Gasteiger partial charge in [0.25, 0.3) is 5.56 Å². The Kier molecular flexibility index (Phi) is 6.77. The normalized spacial score (nSPS) is 15.3. The van der Waals surface area contributed by atoms with Gasteiger partial charge in [-0.25, -0.2) is 4.68 Å². The molecule has 0 unspecified atom stereocenters. The molecule has 1 saturated carbocycles. The average molecular weight is 471 g/mol. The van der Waals surface area contributed by atoms with Gasteiger partial charge in [0.2, 0.25) is 0 Å². The standard InChI is InChI=1S/C28H34N6O/c1-4-26(27-30-31-32-34(27)24-7-5-6-8-24)33(17-21-12-9-19(2)10-13-21)18-23-16-22-14-11-20(3)15-25(22)29-28(23)35/h9-16,24,26H,4-8,17-18H2,1-3H3,(H,29,35)/t26-/m0/s1. The number of H-pyrrole nitrogens is 1. The minimum Gasteiger partial charge on any atom is -0.322 e. The van der Waals surface area contributed by atoms with Crippen molar-refractivity contribution in [3.05, 3.63) is 87.0 Å². The summed E-state index contributed by atoms with van der Waals surface area (Å²) in [6, 6.07) is 17.2. The average Bonchev–Trinajstić information content (AvgIpc) is 3.54.